The number of hydrogen-bond acceptors (Lipinski definition) is 2. The molecule has 3 heteroatoms. The Balaban J connectivity index is 1.72. The first-order valence-corrected chi connectivity index (χ1v) is 7.40. The number of nitrogens with one attached hydrogen (secondary N) is 1. The standard InChI is InChI=1S/C16H25FN2/c1-3-19-10-7-16(8-11-19)18-9-6-14-4-5-15(17)12-13(14)2/h4-5,12,16,18H,3,6-11H2,1-2H3. The Morgan fingerprint density at radius 1 is 1.32 bits per heavy atom. The normalized spacial score (nSPS) is 17.8. The van der Waals surface area contributed by atoms with Crippen LogP contribution in [-0.2, 0) is 6.42 Å². The maximum absolute atomic E-state index is 13.0. The number of nitrogens with zero attached hydrogens (tertiary/aromatic N) is 1. The van der Waals surface area contributed by atoms with Gasteiger partial charge in [-0.25, -0.2) is 4.39 Å². The molecule has 0 saturated carbocycles. The van der Waals surface area contributed by atoms with E-state index in [0.29, 0.717) is 6.04 Å². The molecule has 2 rings (SSSR count). The predicted octanol–water partition coefficient (Wildman–Crippen LogP) is 2.75. The number of rotatable bonds is 5. The lowest BCUT2D eigenvalue weighted by atomic mass is 10.0. The van der Waals surface area contributed by atoms with Gasteiger partial charge in [0.05, 0.1) is 0 Å². The molecule has 0 radical (unpaired) electrons. The van der Waals surface area contributed by atoms with Crippen LogP contribution in [0.3, 0.4) is 0 Å². The van der Waals surface area contributed by atoms with Crippen molar-refractivity contribution in [3.8, 4) is 0 Å². The minimum absolute atomic E-state index is 0.138. The average molecular weight is 264 g/mol. The van der Waals surface area contributed by atoms with Crippen molar-refractivity contribution >= 4 is 0 Å². The van der Waals surface area contributed by atoms with E-state index in [2.05, 4.69) is 17.1 Å². The van der Waals surface area contributed by atoms with E-state index in [4.69, 9.17) is 0 Å². The Hall–Kier alpha value is -0.930. The topological polar surface area (TPSA) is 15.3 Å². The van der Waals surface area contributed by atoms with Crippen molar-refractivity contribution in [1.29, 1.82) is 0 Å². The van der Waals surface area contributed by atoms with Crippen molar-refractivity contribution < 1.29 is 4.39 Å². The summed E-state index contributed by atoms with van der Waals surface area (Å²) in [4.78, 5) is 2.50. The van der Waals surface area contributed by atoms with Gasteiger partial charge < -0.3 is 10.2 Å². The lowest BCUT2D eigenvalue weighted by molar-refractivity contribution is 0.207. The van der Waals surface area contributed by atoms with Crippen LogP contribution < -0.4 is 5.32 Å². The van der Waals surface area contributed by atoms with Gasteiger partial charge in [-0.05, 0) is 75.6 Å². The molecular formula is C16H25FN2. The third-order valence-electron chi connectivity index (χ3n) is 4.17. The van der Waals surface area contributed by atoms with Crippen LogP contribution in [0.25, 0.3) is 0 Å². The fourth-order valence-electron chi connectivity index (χ4n) is 2.80. The fraction of sp³-hybridized carbons (Fsp3) is 0.625. The first-order chi connectivity index (χ1) is 9.19. The molecule has 1 heterocycles. The van der Waals surface area contributed by atoms with Crippen molar-refractivity contribution in [3.63, 3.8) is 0 Å². The molecule has 2 nitrogen and oxygen atoms in total. The summed E-state index contributed by atoms with van der Waals surface area (Å²) in [6, 6.07) is 5.74. The second-order valence-electron chi connectivity index (χ2n) is 5.48. The number of aryl methyl sites for hydroxylation is 1. The summed E-state index contributed by atoms with van der Waals surface area (Å²) >= 11 is 0. The molecule has 1 N–H and O–H groups in total. The average Bonchev–Trinajstić information content (AvgIpc) is 2.42. The van der Waals surface area contributed by atoms with Crippen LogP contribution in [0.5, 0.6) is 0 Å². The predicted molar refractivity (Wildman–Crippen MR) is 78.0 cm³/mol. The van der Waals surface area contributed by atoms with Crippen LogP contribution in [0.2, 0.25) is 0 Å². The summed E-state index contributed by atoms with van der Waals surface area (Å²) in [7, 11) is 0. The third-order valence-corrected chi connectivity index (χ3v) is 4.17. The Bertz CT molecular complexity index is 398. The maximum atomic E-state index is 13.0. The van der Waals surface area contributed by atoms with Gasteiger partial charge in [0, 0.05) is 6.04 Å². The van der Waals surface area contributed by atoms with E-state index in [-0.39, 0.29) is 5.82 Å². The van der Waals surface area contributed by atoms with Crippen LogP contribution in [0.1, 0.15) is 30.9 Å². The van der Waals surface area contributed by atoms with Crippen LogP contribution in [0, 0.1) is 12.7 Å². The van der Waals surface area contributed by atoms with E-state index >= 15 is 0 Å². The highest BCUT2D eigenvalue weighted by Gasteiger charge is 2.16. The molecule has 1 aromatic carbocycles. The minimum atomic E-state index is -0.138. The Kier molecular flexibility index (Phi) is 5.34. The van der Waals surface area contributed by atoms with E-state index in [1.165, 1.54) is 38.0 Å². The van der Waals surface area contributed by atoms with Crippen LogP contribution in [-0.4, -0.2) is 37.1 Å². The Labute approximate surface area is 116 Å². The molecule has 1 aliphatic heterocycles. The lowest BCUT2D eigenvalue weighted by Crippen LogP contribution is -2.42. The monoisotopic (exact) mass is 264 g/mol. The summed E-state index contributed by atoms with van der Waals surface area (Å²) in [6.45, 7) is 8.79. The smallest absolute Gasteiger partial charge is 0.123 e. The Morgan fingerprint density at radius 3 is 2.68 bits per heavy atom. The molecule has 0 aromatic heterocycles. The molecule has 1 aliphatic rings. The molecule has 19 heavy (non-hydrogen) atoms. The molecule has 1 saturated heterocycles. The first-order valence-electron chi connectivity index (χ1n) is 7.40. The fourth-order valence-corrected chi connectivity index (χ4v) is 2.80. The van der Waals surface area contributed by atoms with Gasteiger partial charge in [-0.2, -0.15) is 0 Å². The van der Waals surface area contributed by atoms with E-state index in [9.17, 15) is 4.39 Å². The number of piperidine rings is 1. The molecule has 0 spiro atoms. The second kappa shape index (κ2) is 7.01. The molecular weight excluding hydrogens is 239 g/mol. The Morgan fingerprint density at radius 2 is 2.05 bits per heavy atom. The largest absolute Gasteiger partial charge is 0.314 e. The number of likely N-dealkylation sites (tertiary alicyclic amines) is 1. The summed E-state index contributed by atoms with van der Waals surface area (Å²) < 4.78 is 13.0. The van der Waals surface area contributed by atoms with Crippen molar-refractivity contribution in [3.05, 3.63) is 35.1 Å². The van der Waals surface area contributed by atoms with Crippen LogP contribution >= 0.6 is 0 Å². The van der Waals surface area contributed by atoms with Gasteiger partial charge in [-0.1, -0.05) is 13.0 Å². The quantitative estimate of drug-likeness (QED) is 0.879. The summed E-state index contributed by atoms with van der Waals surface area (Å²) in [5.41, 5.74) is 2.31. The zero-order chi connectivity index (χ0) is 13.7. The molecule has 0 bridgehead atoms. The van der Waals surface area contributed by atoms with Gasteiger partial charge in [0.25, 0.3) is 0 Å². The van der Waals surface area contributed by atoms with Crippen LogP contribution in [0.15, 0.2) is 18.2 Å². The number of halogens is 1. The first kappa shape index (κ1) is 14.5. The zero-order valence-electron chi connectivity index (χ0n) is 12.1. The summed E-state index contributed by atoms with van der Waals surface area (Å²) in [5.74, 6) is -0.138. The van der Waals surface area contributed by atoms with E-state index < -0.39 is 0 Å². The van der Waals surface area contributed by atoms with Crippen molar-refractivity contribution in [2.45, 2.75) is 39.2 Å². The molecule has 0 amide bonds. The van der Waals surface area contributed by atoms with Crippen molar-refractivity contribution in [2.24, 2.45) is 0 Å². The van der Waals surface area contributed by atoms with Gasteiger partial charge in [0.2, 0.25) is 0 Å². The highest BCUT2D eigenvalue weighted by molar-refractivity contribution is 5.26. The molecule has 1 aromatic rings. The SMILES string of the molecule is CCN1CCC(NCCc2ccc(F)cc2C)CC1. The van der Waals surface area contributed by atoms with Crippen molar-refractivity contribution in [2.75, 3.05) is 26.2 Å². The summed E-state index contributed by atoms with van der Waals surface area (Å²) in [5, 5.41) is 3.64. The summed E-state index contributed by atoms with van der Waals surface area (Å²) in [6.07, 6.45) is 3.48. The zero-order valence-corrected chi connectivity index (χ0v) is 12.1. The van der Waals surface area contributed by atoms with E-state index in [1.54, 1.807) is 12.1 Å². The van der Waals surface area contributed by atoms with E-state index in [0.717, 1.165) is 18.5 Å². The molecule has 0 unspecified atom stereocenters. The molecule has 0 atom stereocenters. The third kappa shape index (κ3) is 4.29. The molecule has 1 fully saturated rings. The molecule has 0 aliphatic carbocycles. The van der Waals surface area contributed by atoms with Gasteiger partial charge in [-0.3, -0.25) is 0 Å². The minimum Gasteiger partial charge on any atom is -0.314 e. The van der Waals surface area contributed by atoms with Gasteiger partial charge in [0.15, 0.2) is 0 Å². The highest BCUT2D eigenvalue weighted by atomic mass is 19.1. The number of benzene rings is 1. The maximum Gasteiger partial charge on any atom is 0.123 e. The molecule has 106 valence electrons. The van der Waals surface area contributed by atoms with Gasteiger partial charge >= 0.3 is 0 Å². The lowest BCUT2D eigenvalue weighted by Gasteiger charge is -2.31. The number of hydrogen-bond donors (Lipinski definition) is 1. The van der Waals surface area contributed by atoms with E-state index in [1.807, 2.05) is 13.0 Å². The van der Waals surface area contributed by atoms with Gasteiger partial charge in [0.1, 0.15) is 5.82 Å². The van der Waals surface area contributed by atoms with Gasteiger partial charge in [-0.15, -0.1) is 0 Å². The highest BCUT2D eigenvalue weighted by Crippen LogP contribution is 2.12. The van der Waals surface area contributed by atoms with Crippen LogP contribution in [0.4, 0.5) is 4.39 Å². The second-order valence-corrected chi connectivity index (χ2v) is 5.48. The van der Waals surface area contributed by atoms with Crippen molar-refractivity contribution in [1.82, 2.24) is 10.2 Å².